The Morgan fingerprint density at radius 2 is 1.89 bits per heavy atom. The van der Waals surface area contributed by atoms with Crippen LogP contribution in [0.25, 0.3) is 0 Å². The van der Waals surface area contributed by atoms with Crippen LogP contribution in [0.5, 0.6) is 0 Å². The summed E-state index contributed by atoms with van der Waals surface area (Å²) in [5, 5.41) is 7.71. The second kappa shape index (κ2) is 8.10. The van der Waals surface area contributed by atoms with Crippen molar-refractivity contribution in [2.45, 2.75) is 39.2 Å². The second-order valence-corrected chi connectivity index (χ2v) is 7.78. The highest BCUT2D eigenvalue weighted by Crippen LogP contribution is 2.30. The van der Waals surface area contributed by atoms with Crippen molar-refractivity contribution >= 4 is 11.5 Å². The van der Waals surface area contributed by atoms with Gasteiger partial charge in [-0.2, -0.15) is 5.10 Å². The number of piperidine rings is 1. The van der Waals surface area contributed by atoms with Crippen LogP contribution < -0.4 is 5.32 Å². The van der Waals surface area contributed by atoms with Crippen molar-refractivity contribution in [1.82, 2.24) is 24.6 Å². The van der Waals surface area contributed by atoms with E-state index in [1.807, 2.05) is 43.0 Å². The van der Waals surface area contributed by atoms with Gasteiger partial charge in [-0.3, -0.25) is 14.6 Å². The van der Waals surface area contributed by atoms with E-state index in [-0.39, 0.29) is 0 Å². The number of hydrogen-bond acceptors (Lipinski definition) is 5. The molecule has 6 nitrogen and oxygen atoms in total. The minimum atomic E-state index is 0.510. The van der Waals surface area contributed by atoms with E-state index in [4.69, 9.17) is 4.98 Å². The first-order valence-electron chi connectivity index (χ1n) is 9.94. The molecule has 0 unspecified atom stereocenters. The molecule has 1 N–H and O–H groups in total. The van der Waals surface area contributed by atoms with E-state index >= 15 is 0 Å². The van der Waals surface area contributed by atoms with Crippen LogP contribution in [-0.4, -0.2) is 37.7 Å². The Hall–Kier alpha value is -2.73. The summed E-state index contributed by atoms with van der Waals surface area (Å²) < 4.78 is 1.87. The topological polar surface area (TPSA) is 58.9 Å². The van der Waals surface area contributed by atoms with Gasteiger partial charge in [0.05, 0.1) is 6.20 Å². The zero-order chi connectivity index (χ0) is 19.5. The van der Waals surface area contributed by atoms with Crippen LogP contribution in [-0.2, 0) is 13.6 Å². The van der Waals surface area contributed by atoms with E-state index in [0.29, 0.717) is 5.92 Å². The van der Waals surface area contributed by atoms with Gasteiger partial charge in [0, 0.05) is 54.0 Å². The lowest BCUT2D eigenvalue weighted by Crippen LogP contribution is -2.32. The Morgan fingerprint density at radius 1 is 1.07 bits per heavy atom. The van der Waals surface area contributed by atoms with E-state index < -0.39 is 0 Å². The molecule has 0 amide bonds. The van der Waals surface area contributed by atoms with Crippen molar-refractivity contribution in [3.05, 3.63) is 65.4 Å². The second-order valence-electron chi connectivity index (χ2n) is 7.78. The van der Waals surface area contributed by atoms with Gasteiger partial charge in [0.2, 0.25) is 0 Å². The van der Waals surface area contributed by atoms with Crippen molar-refractivity contribution in [2.24, 2.45) is 7.05 Å². The molecule has 4 rings (SSSR count). The quantitative estimate of drug-likeness (QED) is 0.731. The lowest BCUT2D eigenvalue weighted by Gasteiger charge is -2.31. The van der Waals surface area contributed by atoms with Crippen LogP contribution in [0, 0.1) is 13.8 Å². The molecule has 1 aliphatic heterocycles. The number of anilines is 2. The normalized spacial score (nSPS) is 15.7. The minimum absolute atomic E-state index is 0.510. The van der Waals surface area contributed by atoms with Crippen LogP contribution >= 0.6 is 0 Å². The molecule has 0 atom stereocenters. The molecule has 0 spiro atoms. The molecule has 0 radical (unpaired) electrons. The van der Waals surface area contributed by atoms with E-state index in [9.17, 15) is 0 Å². The predicted molar refractivity (Wildman–Crippen MR) is 112 cm³/mol. The average molecular weight is 377 g/mol. The highest BCUT2D eigenvalue weighted by Gasteiger charge is 2.22. The molecule has 0 aromatic carbocycles. The third kappa shape index (κ3) is 4.57. The van der Waals surface area contributed by atoms with Gasteiger partial charge in [-0.25, -0.2) is 4.98 Å². The summed E-state index contributed by atoms with van der Waals surface area (Å²) in [6.45, 7) is 7.24. The molecule has 1 aliphatic rings. The molecule has 0 aliphatic carbocycles. The van der Waals surface area contributed by atoms with Gasteiger partial charge in [0.25, 0.3) is 0 Å². The van der Waals surface area contributed by atoms with Crippen LogP contribution in [0.4, 0.5) is 11.5 Å². The summed E-state index contributed by atoms with van der Waals surface area (Å²) in [5.41, 5.74) is 5.60. The van der Waals surface area contributed by atoms with E-state index in [2.05, 4.69) is 45.6 Å². The van der Waals surface area contributed by atoms with Gasteiger partial charge < -0.3 is 5.32 Å². The van der Waals surface area contributed by atoms with Crippen molar-refractivity contribution in [1.29, 1.82) is 0 Å². The summed E-state index contributed by atoms with van der Waals surface area (Å²) in [6, 6.07) is 10.3. The lowest BCUT2D eigenvalue weighted by atomic mass is 9.92. The van der Waals surface area contributed by atoms with Crippen molar-refractivity contribution < 1.29 is 0 Å². The number of rotatable bonds is 5. The lowest BCUT2D eigenvalue weighted by molar-refractivity contribution is 0.203. The van der Waals surface area contributed by atoms with Gasteiger partial charge in [-0.15, -0.1) is 0 Å². The number of nitrogens with zero attached hydrogens (tertiary/aromatic N) is 5. The zero-order valence-electron chi connectivity index (χ0n) is 16.9. The van der Waals surface area contributed by atoms with Crippen LogP contribution in [0.3, 0.4) is 0 Å². The molecule has 28 heavy (non-hydrogen) atoms. The van der Waals surface area contributed by atoms with Gasteiger partial charge in [-0.1, -0.05) is 6.07 Å². The van der Waals surface area contributed by atoms with Crippen molar-refractivity contribution in [3.63, 3.8) is 0 Å². The standard InChI is InChI=1S/C22H28N6/c1-16-5-4-6-22(25-16)26-20-11-17(2)24-21(12-20)19-7-9-28(10-8-19)15-18-13-23-27(3)14-18/h4-6,11-14,19H,7-10,15H2,1-3H3,(H,24,25,26). The summed E-state index contributed by atoms with van der Waals surface area (Å²) in [6.07, 6.45) is 6.34. The van der Waals surface area contributed by atoms with E-state index in [0.717, 1.165) is 55.4 Å². The maximum Gasteiger partial charge on any atom is 0.130 e. The van der Waals surface area contributed by atoms with Crippen LogP contribution in [0.2, 0.25) is 0 Å². The fourth-order valence-corrected chi connectivity index (χ4v) is 3.93. The summed E-state index contributed by atoms with van der Waals surface area (Å²) in [5.74, 6) is 1.39. The number of hydrogen-bond donors (Lipinski definition) is 1. The molecule has 3 aromatic heterocycles. The summed E-state index contributed by atoms with van der Waals surface area (Å²) in [7, 11) is 1.97. The summed E-state index contributed by atoms with van der Waals surface area (Å²) >= 11 is 0. The number of pyridine rings is 2. The largest absolute Gasteiger partial charge is 0.340 e. The third-order valence-electron chi connectivity index (χ3n) is 5.30. The first kappa shape index (κ1) is 18.6. The number of aromatic nitrogens is 4. The monoisotopic (exact) mass is 376 g/mol. The highest BCUT2D eigenvalue weighted by molar-refractivity contribution is 5.57. The maximum atomic E-state index is 4.84. The van der Waals surface area contributed by atoms with E-state index in [1.165, 1.54) is 11.3 Å². The third-order valence-corrected chi connectivity index (χ3v) is 5.30. The number of likely N-dealkylation sites (tertiary alicyclic amines) is 1. The molecule has 4 heterocycles. The van der Waals surface area contributed by atoms with Crippen LogP contribution in [0.1, 0.15) is 41.4 Å². The maximum absolute atomic E-state index is 4.84. The molecule has 0 bridgehead atoms. The number of nitrogens with one attached hydrogen (secondary N) is 1. The molecule has 1 fully saturated rings. The minimum Gasteiger partial charge on any atom is -0.340 e. The molecular weight excluding hydrogens is 348 g/mol. The molecule has 0 saturated carbocycles. The first-order valence-corrected chi connectivity index (χ1v) is 9.94. The molecule has 3 aromatic rings. The summed E-state index contributed by atoms with van der Waals surface area (Å²) in [4.78, 5) is 11.9. The molecule has 6 heteroatoms. The van der Waals surface area contributed by atoms with Gasteiger partial charge in [0.1, 0.15) is 5.82 Å². The Bertz CT molecular complexity index is 940. The van der Waals surface area contributed by atoms with Gasteiger partial charge in [0.15, 0.2) is 0 Å². The molecule has 1 saturated heterocycles. The van der Waals surface area contributed by atoms with Gasteiger partial charge >= 0.3 is 0 Å². The Kier molecular flexibility index (Phi) is 5.39. The first-order chi connectivity index (χ1) is 13.5. The van der Waals surface area contributed by atoms with E-state index in [1.54, 1.807) is 0 Å². The van der Waals surface area contributed by atoms with Crippen molar-refractivity contribution in [3.8, 4) is 0 Å². The number of aryl methyl sites for hydroxylation is 3. The van der Waals surface area contributed by atoms with Crippen molar-refractivity contribution in [2.75, 3.05) is 18.4 Å². The molecule has 146 valence electrons. The Balaban J connectivity index is 1.41. The smallest absolute Gasteiger partial charge is 0.130 e. The SMILES string of the molecule is Cc1cccc(Nc2cc(C)nc(C3CCN(Cc4cnn(C)c4)CC3)c2)n1. The Morgan fingerprint density at radius 3 is 2.61 bits per heavy atom. The highest BCUT2D eigenvalue weighted by atomic mass is 15.2. The molecular formula is C22H28N6. The fraction of sp³-hybridized carbons (Fsp3) is 0.409. The zero-order valence-corrected chi connectivity index (χ0v) is 16.9. The fourth-order valence-electron chi connectivity index (χ4n) is 3.93. The predicted octanol–water partition coefficient (Wildman–Crippen LogP) is 3.95. The van der Waals surface area contributed by atoms with Gasteiger partial charge in [-0.05, 0) is 64.0 Å². The Labute approximate surface area is 166 Å². The average Bonchev–Trinajstić information content (AvgIpc) is 3.06. The van der Waals surface area contributed by atoms with Crippen LogP contribution in [0.15, 0.2) is 42.7 Å².